The fourth-order valence-corrected chi connectivity index (χ4v) is 5.72. The Morgan fingerprint density at radius 2 is 1.70 bits per heavy atom. The third-order valence-corrected chi connectivity index (χ3v) is 8.28. The van der Waals surface area contributed by atoms with E-state index in [1.54, 1.807) is 11.3 Å². The minimum Gasteiger partial charge on any atom is -0.391 e. The van der Waals surface area contributed by atoms with E-state index in [2.05, 4.69) is 15.6 Å². The largest absolute Gasteiger partial charge is 0.391 e. The highest BCUT2D eigenvalue weighted by atomic mass is 32.1. The number of aliphatic hydroxyl groups is 1. The lowest BCUT2D eigenvalue weighted by molar-refractivity contribution is -0.144. The lowest BCUT2D eigenvalue weighted by atomic mass is 9.85. The first kappa shape index (κ1) is 35.5. The maximum atomic E-state index is 13.8. The van der Waals surface area contributed by atoms with Gasteiger partial charge in [-0.05, 0) is 30.4 Å². The van der Waals surface area contributed by atoms with Crippen molar-refractivity contribution in [2.24, 2.45) is 11.1 Å². The minimum absolute atomic E-state index is 0.000514. The van der Waals surface area contributed by atoms with E-state index in [0.717, 1.165) is 21.7 Å². The molecule has 0 radical (unpaired) electrons. The van der Waals surface area contributed by atoms with Gasteiger partial charge in [-0.3, -0.25) is 14.4 Å². The molecule has 4 unspecified atom stereocenters. The van der Waals surface area contributed by atoms with Gasteiger partial charge in [0.05, 0.1) is 61.3 Å². The fourth-order valence-electron chi connectivity index (χ4n) is 4.91. The smallest absolute Gasteiger partial charge is 0.246 e. The summed E-state index contributed by atoms with van der Waals surface area (Å²) in [5, 5.41) is 16.2. The van der Waals surface area contributed by atoms with E-state index < -0.39 is 35.4 Å². The monoisotopic (exact) mass is 633 g/mol. The Hall–Kier alpha value is -2.94. The number of thiazole rings is 1. The molecular formula is C31H47N5O7S. The van der Waals surface area contributed by atoms with E-state index in [1.807, 2.05) is 64.4 Å². The van der Waals surface area contributed by atoms with E-state index in [-0.39, 0.29) is 44.7 Å². The molecule has 2 aromatic rings. The van der Waals surface area contributed by atoms with Gasteiger partial charge >= 0.3 is 0 Å². The van der Waals surface area contributed by atoms with Crippen LogP contribution in [-0.2, 0) is 28.6 Å². The summed E-state index contributed by atoms with van der Waals surface area (Å²) in [5.41, 5.74) is 9.44. The number of rotatable bonds is 16. The molecule has 4 atom stereocenters. The number of nitrogens with zero attached hydrogens (tertiary/aromatic N) is 2. The van der Waals surface area contributed by atoms with Gasteiger partial charge in [-0.15, -0.1) is 11.3 Å². The van der Waals surface area contributed by atoms with Gasteiger partial charge in [0.25, 0.3) is 0 Å². The first-order valence-corrected chi connectivity index (χ1v) is 15.8. The van der Waals surface area contributed by atoms with Crippen LogP contribution in [-0.4, -0.2) is 104 Å². The SMILES string of the molecule is Cc1ncsc1-c1ccc(C(C)NC(=O)C2CC(O)CN2C(=O)C(NC(=O)COCCOCCOCCN)C(C)(C)C)cc1. The number of β-amino-alcohol motifs (C(OH)–C–C–N with tert-alkyl or cyclic N) is 1. The average molecular weight is 634 g/mol. The van der Waals surface area contributed by atoms with E-state index >= 15 is 0 Å². The van der Waals surface area contributed by atoms with E-state index in [9.17, 15) is 19.5 Å². The number of hydrogen-bond acceptors (Lipinski definition) is 10. The lowest BCUT2D eigenvalue weighted by Crippen LogP contribution is -2.58. The van der Waals surface area contributed by atoms with Gasteiger partial charge in [-0.25, -0.2) is 4.98 Å². The van der Waals surface area contributed by atoms with Crippen LogP contribution >= 0.6 is 11.3 Å². The number of aryl methyl sites for hydroxylation is 1. The number of ether oxygens (including phenoxy) is 3. The summed E-state index contributed by atoms with van der Waals surface area (Å²) >= 11 is 1.58. The van der Waals surface area contributed by atoms with Crippen molar-refractivity contribution in [2.45, 2.75) is 65.3 Å². The number of carbonyl (C=O) groups is 3. The van der Waals surface area contributed by atoms with Crippen molar-refractivity contribution in [3.05, 3.63) is 41.0 Å². The lowest BCUT2D eigenvalue weighted by Gasteiger charge is -2.35. The third-order valence-electron chi connectivity index (χ3n) is 7.30. The summed E-state index contributed by atoms with van der Waals surface area (Å²) in [5.74, 6) is -1.25. The molecule has 1 saturated heterocycles. The summed E-state index contributed by atoms with van der Waals surface area (Å²) in [6.07, 6.45) is -0.744. The van der Waals surface area contributed by atoms with Gasteiger partial charge < -0.3 is 40.6 Å². The van der Waals surface area contributed by atoms with Crippen LogP contribution in [0, 0.1) is 12.3 Å². The zero-order valence-electron chi connectivity index (χ0n) is 26.3. The maximum absolute atomic E-state index is 13.8. The second kappa shape index (κ2) is 16.9. The molecule has 5 N–H and O–H groups in total. The summed E-state index contributed by atoms with van der Waals surface area (Å²) in [4.78, 5) is 46.7. The Bertz CT molecular complexity index is 1220. The van der Waals surface area contributed by atoms with Crippen LogP contribution in [0.5, 0.6) is 0 Å². The van der Waals surface area contributed by atoms with Crippen molar-refractivity contribution < 1.29 is 33.7 Å². The molecule has 1 aliphatic rings. The number of carbonyl (C=O) groups excluding carboxylic acids is 3. The number of hydrogen-bond donors (Lipinski definition) is 4. The highest BCUT2D eigenvalue weighted by Gasteiger charge is 2.44. The zero-order valence-corrected chi connectivity index (χ0v) is 27.2. The molecule has 13 heteroatoms. The molecule has 1 aromatic carbocycles. The minimum atomic E-state index is -0.935. The highest BCUT2D eigenvalue weighted by molar-refractivity contribution is 7.13. The Morgan fingerprint density at radius 3 is 2.30 bits per heavy atom. The first-order valence-electron chi connectivity index (χ1n) is 14.9. The van der Waals surface area contributed by atoms with Crippen molar-refractivity contribution >= 4 is 29.1 Å². The molecule has 2 heterocycles. The number of benzene rings is 1. The number of nitrogens with one attached hydrogen (secondary N) is 2. The van der Waals surface area contributed by atoms with Gasteiger partial charge in [0.1, 0.15) is 18.7 Å². The molecule has 1 fully saturated rings. The fraction of sp³-hybridized carbons (Fsp3) is 0.613. The van der Waals surface area contributed by atoms with E-state index in [0.29, 0.717) is 26.4 Å². The predicted octanol–water partition coefficient (Wildman–Crippen LogP) is 1.80. The van der Waals surface area contributed by atoms with Crippen molar-refractivity contribution in [1.82, 2.24) is 20.5 Å². The molecule has 0 aliphatic carbocycles. The molecule has 12 nitrogen and oxygen atoms in total. The summed E-state index contributed by atoms with van der Waals surface area (Å²) in [7, 11) is 0. The predicted molar refractivity (Wildman–Crippen MR) is 168 cm³/mol. The van der Waals surface area contributed by atoms with Gasteiger partial charge in [0.15, 0.2) is 0 Å². The summed E-state index contributed by atoms with van der Waals surface area (Å²) < 4.78 is 16.0. The van der Waals surface area contributed by atoms with Gasteiger partial charge in [0.2, 0.25) is 17.7 Å². The molecule has 0 spiro atoms. The van der Waals surface area contributed by atoms with Crippen molar-refractivity contribution in [1.29, 1.82) is 0 Å². The number of nitrogens with two attached hydrogens (primary N) is 1. The normalized spacial score (nSPS) is 18.2. The highest BCUT2D eigenvalue weighted by Crippen LogP contribution is 2.29. The quantitative estimate of drug-likeness (QED) is 0.202. The standard InChI is InChI=1S/C31H47N5O7S/c1-20(22-6-8-23(9-7-22)27-21(2)33-19-44-27)34-29(39)25-16-24(37)17-36(25)30(40)28(31(3,4)5)35-26(38)18-43-15-14-42-13-12-41-11-10-32/h6-9,19-20,24-25,28,37H,10-18,32H2,1-5H3,(H,34,39)(H,35,38). The number of aromatic nitrogens is 1. The van der Waals surface area contributed by atoms with Crippen molar-refractivity contribution in [3.8, 4) is 10.4 Å². The number of likely N-dealkylation sites (tertiary alicyclic amines) is 1. The second-order valence-corrected chi connectivity index (χ2v) is 12.8. The van der Waals surface area contributed by atoms with Crippen LogP contribution in [0.4, 0.5) is 0 Å². The van der Waals surface area contributed by atoms with Gasteiger partial charge in [-0.1, -0.05) is 45.0 Å². The van der Waals surface area contributed by atoms with Crippen molar-refractivity contribution in [3.63, 3.8) is 0 Å². The van der Waals surface area contributed by atoms with Crippen LogP contribution in [0.2, 0.25) is 0 Å². The molecule has 3 amide bonds. The molecule has 1 aromatic heterocycles. The van der Waals surface area contributed by atoms with Gasteiger partial charge in [-0.2, -0.15) is 0 Å². The zero-order chi connectivity index (χ0) is 32.3. The number of aliphatic hydroxyl groups excluding tert-OH is 1. The Morgan fingerprint density at radius 1 is 1.07 bits per heavy atom. The third kappa shape index (κ3) is 10.3. The van der Waals surface area contributed by atoms with Crippen LogP contribution in [0.25, 0.3) is 10.4 Å². The van der Waals surface area contributed by atoms with Crippen LogP contribution in [0.15, 0.2) is 29.8 Å². The first-order chi connectivity index (χ1) is 20.9. The van der Waals surface area contributed by atoms with Crippen LogP contribution in [0.1, 0.15) is 51.4 Å². The summed E-state index contributed by atoms with van der Waals surface area (Å²) in [6.45, 7) is 11.3. The van der Waals surface area contributed by atoms with Crippen molar-refractivity contribution in [2.75, 3.05) is 52.7 Å². The molecular weight excluding hydrogens is 586 g/mol. The van der Waals surface area contributed by atoms with Gasteiger partial charge in [0, 0.05) is 19.5 Å². The summed E-state index contributed by atoms with van der Waals surface area (Å²) in [6, 6.07) is 5.79. The second-order valence-electron chi connectivity index (χ2n) is 11.9. The maximum Gasteiger partial charge on any atom is 0.246 e. The molecule has 1 aliphatic heterocycles. The molecule has 3 rings (SSSR count). The topological polar surface area (TPSA) is 165 Å². The average Bonchev–Trinajstić information content (AvgIpc) is 3.59. The Balaban J connectivity index is 1.56. The molecule has 44 heavy (non-hydrogen) atoms. The van der Waals surface area contributed by atoms with Crippen LogP contribution in [0.3, 0.4) is 0 Å². The number of amides is 3. The molecule has 0 bridgehead atoms. The van der Waals surface area contributed by atoms with E-state index in [4.69, 9.17) is 19.9 Å². The van der Waals surface area contributed by atoms with Crippen LogP contribution < -0.4 is 16.4 Å². The Labute approximate surface area is 263 Å². The van der Waals surface area contributed by atoms with E-state index in [1.165, 1.54) is 4.90 Å². The Kier molecular flexibility index (Phi) is 13.7. The molecule has 244 valence electrons. The molecule has 0 saturated carbocycles.